The van der Waals surface area contributed by atoms with Crippen LogP contribution in [0.5, 0.6) is 0 Å². The van der Waals surface area contributed by atoms with Crippen LogP contribution in [0.15, 0.2) is 35.2 Å². The lowest BCUT2D eigenvalue weighted by Crippen LogP contribution is -2.11. The summed E-state index contributed by atoms with van der Waals surface area (Å²) in [6, 6.07) is 6.01. The molecular weight excluding hydrogens is 216 g/mol. The predicted molar refractivity (Wildman–Crippen MR) is 66.8 cm³/mol. The van der Waals surface area contributed by atoms with Crippen LogP contribution in [-0.2, 0) is 6.54 Å². The second-order valence-corrected chi connectivity index (χ2v) is 4.02. The molecule has 2 rings (SSSR count). The summed E-state index contributed by atoms with van der Waals surface area (Å²) in [5.74, 6) is 2.47. The van der Waals surface area contributed by atoms with Gasteiger partial charge >= 0.3 is 0 Å². The molecule has 0 saturated heterocycles. The Morgan fingerprint density at radius 1 is 1.29 bits per heavy atom. The van der Waals surface area contributed by atoms with Gasteiger partial charge in [0.05, 0.1) is 12.8 Å². The summed E-state index contributed by atoms with van der Waals surface area (Å²) in [5.41, 5.74) is 0. The van der Waals surface area contributed by atoms with E-state index in [0.29, 0.717) is 12.6 Å². The number of nitrogens with one attached hydrogen (secondary N) is 2. The lowest BCUT2D eigenvalue weighted by atomic mass is 10.4. The van der Waals surface area contributed by atoms with Gasteiger partial charge in [-0.15, -0.1) is 0 Å². The van der Waals surface area contributed by atoms with Gasteiger partial charge in [-0.1, -0.05) is 0 Å². The second-order valence-electron chi connectivity index (χ2n) is 4.02. The van der Waals surface area contributed by atoms with Crippen molar-refractivity contribution < 1.29 is 4.42 Å². The zero-order valence-corrected chi connectivity index (χ0v) is 9.97. The van der Waals surface area contributed by atoms with Crippen molar-refractivity contribution in [1.29, 1.82) is 0 Å². The fraction of sp³-hybridized carbons (Fsp3) is 0.333. The summed E-state index contributed by atoms with van der Waals surface area (Å²) in [4.78, 5) is 8.28. The monoisotopic (exact) mass is 232 g/mol. The van der Waals surface area contributed by atoms with Gasteiger partial charge in [0.15, 0.2) is 0 Å². The first kappa shape index (κ1) is 11.4. The molecule has 0 unspecified atom stereocenters. The molecule has 0 bridgehead atoms. The fourth-order valence-electron chi connectivity index (χ4n) is 1.42. The minimum atomic E-state index is 0.350. The zero-order valence-electron chi connectivity index (χ0n) is 9.97. The van der Waals surface area contributed by atoms with Crippen molar-refractivity contribution in [2.45, 2.75) is 26.4 Å². The lowest BCUT2D eigenvalue weighted by Gasteiger charge is -2.10. The summed E-state index contributed by atoms with van der Waals surface area (Å²) in [7, 11) is 0. The Balaban J connectivity index is 1.96. The van der Waals surface area contributed by atoms with Crippen LogP contribution < -0.4 is 10.6 Å². The topological polar surface area (TPSA) is 63.0 Å². The van der Waals surface area contributed by atoms with Gasteiger partial charge in [0, 0.05) is 12.1 Å². The Hall–Kier alpha value is -2.04. The number of hydrogen-bond acceptors (Lipinski definition) is 5. The number of furan rings is 1. The highest BCUT2D eigenvalue weighted by Gasteiger charge is 2.01. The Bertz CT molecular complexity index is 453. The molecule has 5 nitrogen and oxygen atoms in total. The summed E-state index contributed by atoms with van der Waals surface area (Å²) in [6.45, 7) is 4.75. The number of nitrogens with zero attached hydrogens (tertiary/aromatic N) is 2. The van der Waals surface area contributed by atoms with Crippen LogP contribution in [0.2, 0.25) is 0 Å². The maximum atomic E-state index is 5.23. The highest BCUT2D eigenvalue weighted by Crippen LogP contribution is 2.11. The maximum absolute atomic E-state index is 5.23. The van der Waals surface area contributed by atoms with E-state index in [1.807, 2.05) is 18.2 Å². The molecule has 0 aliphatic rings. The molecule has 0 amide bonds. The van der Waals surface area contributed by atoms with Crippen molar-refractivity contribution in [1.82, 2.24) is 9.97 Å². The first-order valence-electron chi connectivity index (χ1n) is 5.59. The van der Waals surface area contributed by atoms with Gasteiger partial charge in [0.25, 0.3) is 0 Å². The van der Waals surface area contributed by atoms with Crippen LogP contribution in [0.1, 0.15) is 19.6 Å². The molecule has 2 aromatic heterocycles. The minimum absolute atomic E-state index is 0.350. The van der Waals surface area contributed by atoms with E-state index in [4.69, 9.17) is 4.42 Å². The average Bonchev–Trinajstić information content (AvgIpc) is 2.79. The lowest BCUT2D eigenvalue weighted by molar-refractivity contribution is 0.518. The molecule has 0 radical (unpaired) electrons. The van der Waals surface area contributed by atoms with Crippen molar-refractivity contribution >= 4 is 11.6 Å². The molecule has 2 heterocycles. The molecule has 2 N–H and O–H groups in total. The van der Waals surface area contributed by atoms with E-state index in [0.717, 1.165) is 17.4 Å². The Kier molecular flexibility index (Phi) is 3.59. The van der Waals surface area contributed by atoms with Gasteiger partial charge in [0.2, 0.25) is 0 Å². The Labute approximate surface area is 100 Å². The smallest absolute Gasteiger partial charge is 0.131 e. The van der Waals surface area contributed by atoms with E-state index >= 15 is 0 Å². The van der Waals surface area contributed by atoms with E-state index in [2.05, 4.69) is 34.4 Å². The molecule has 90 valence electrons. The first-order valence-corrected chi connectivity index (χ1v) is 5.59. The minimum Gasteiger partial charge on any atom is -0.467 e. The van der Waals surface area contributed by atoms with E-state index in [1.54, 1.807) is 6.26 Å². The predicted octanol–water partition coefficient (Wildman–Crippen LogP) is 2.50. The van der Waals surface area contributed by atoms with E-state index < -0.39 is 0 Å². The molecule has 0 aliphatic heterocycles. The summed E-state index contributed by atoms with van der Waals surface area (Å²) in [5, 5.41) is 6.40. The molecule has 0 atom stereocenters. The SMILES string of the molecule is CC(C)Nc1cc(NCc2ccco2)ncn1. The van der Waals surface area contributed by atoms with Crippen molar-refractivity contribution in [3.8, 4) is 0 Å². The number of aromatic nitrogens is 2. The number of rotatable bonds is 5. The van der Waals surface area contributed by atoms with Crippen LogP contribution in [0.25, 0.3) is 0 Å². The van der Waals surface area contributed by atoms with Gasteiger partial charge < -0.3 is 15.1 Å². The Morgan fingerprint density at radius 3 is 2.82 bits per heavy atom. The van der Waals surface area contributed by atoms with Crippen LogP contribution in [-0.4, -0.2) is 16.0 Å². The normalized spacial score (nSPS) is 10.5. The van der Waals surface area contributed by atoms with Crippen molar-refractivity contribution in [2.24, 2.45) is 0 Å². The molecule has 2 aromatic rings. The fourth-order valence-corrected chi connectivity index (χ4v) is 1.42. The average molecular weight is 232 g/mol. The summed E-state index contributed by atoms with van der Waals surface area (Å²) >= 11 is 0. The van der Waals surface area contributed by atoms with Gasteiger partial charge in [-0.25, -0.2) is 9.97 Å². The third-order valence-corrected chi connectivity index (χ3v) is 2.13. The molecule has 0 fully saturated rings. The zero-order chi connectivity index (χ0) is 12.1. The van der Waals surface area contributed by atoms with Gasteiger partial charge in [-0.3, -0.25) is 0 Å². The van der Waals surface area contributed by atoms with Crippen molar-refractivity contribution in [3.05, 3.63) is 36.5 Å². The first-order chi connectivity index (χ1) is 8.24. The standard InChI is InChI=1S/C12H16N4O/c1-9(2)16-12-6-11(14-8-15-12)13-7-10-4-3-5-17-10/h3-6,8-9H,7H2,1-2H3,(H2,13,14,15,16). The highest BCUT2D eigenvalue weighted by atomic mass is 16.3. The van der Waals surface area contributed by atoms with Crippen molar-refractivity contribution in [3.63, 3.8) is 0 Å². The van der Waals surface area contributed by atoms with E-state index in [-0.39, 0.29) is 0 Å². The van der Waals surface area contributed by atoms with Crippen LogP contribution in [0, 0.1) is 0 Å². The van der Waals surface area contributed by atoms with Crippen molar-refractivity contribution in [2.75, 3.05) is 10.6 Å². The summed E-state index contributed by atoms with van der Waals surface area (Å²) in [6.07, 6.45) is 3.19. The molecule has 0 aliphatic carbocycles. The molecule has 17 heavy (non-hydrogen) atoms. The number of hydrogen-bond donors (Lipinski definition) is 2. The summed E-state index contributed by atoms with van der Waals surface area (Å²) < 4.78 is 5.23. The molecule has 0 saturated carbocycles. The molecular formula is C12H16N4O. The third kappa shape index (κ3) is 3.48. The molecule has 0 aromatic carbocycles. The van der Waals surface area contributed by atoms with Crippen LogP contribution in [0.3, 0.4) is 0 Å². The number of anilines is 2. The molecule has 0 spiro atoms. The van der Waals surface area contributed by atoms with Crippen LogP contribution in [0.4, 0.5) is 11.6 Å². The quantitative estimate of drug-likeness (QED) is 0.829. The largest absolute Gasteiger partial charge is 0.467 e. The second kappa shape index (κ2) is 5.34. The molecule has 5 heteroatoms. The van der Waals surface area contributed by atoms with E-state index in [1.165, 1.54) is 6.33 Å². The third-order valence-electron chi connectivity index (χ3n) is 2.13. The van der Waals surface area contributed by atoms with Crippen LogP contribution >= 0.6 is 0 Å². The Morgan fingerprint density at radius 2 is 2.12 bits per heavy atom. The highest BCUT2D eigenvalue weighted by molar-refractivity contribution is 5.46. The van der Waals surface area contributed by atoms with E-state index in [9.17, 15) is 0 Å². The maximum Gasteiger partial charge on any atom is 0.131 e. The van der Waals surface area contributed by atoms with Gasteiger partial charge in [-0.2, -0.15) is 0 Å². The van der Waals surface area contributed by atoms with Gasteiger partial charge in [-0.05, 0) is 26.0 Å². The van der Waals surface area contributed by atoms with Gasteiger partial charge in [0.1, 0.15) is 23.7 Å².